The van der Waals surface area contributed by atoms with Gasteiger partial charge in [-0.15, -0.1) is 11.3 Å². The summed E-state index contributed by atoms with van der Waals surface area (Å²) < 4.78 is 5.10. The topological polar surface area (TPSA) is 75.6 Å². The number of amides is 1. The molecule has 6 heteroatoms. The Balaban J connectivity index is 2.91. The zero-order chi connectivity index (χ0) is 14.6. The van der Waals surface area contributed by atoms with E-state index in [4.69, 9.17) is 9.84 Å². The highest BCUT2D eigenvalue weighted by atomic mass is 32.1. The third kappa shape index (κ3) is 3.70. The highest BCUT2D eigenvalue weighted by Gasteiger charge is 2.34. The molecule has 0 saturated heterocycles. The molecule has 19 heavy (non-hydrogen) atoms. The molecule has 1 aromatic rings. The van der Waals surface area contributed by atoms with E-state index >= 15 is 0 Å². The van der Waals surface area contributed by atoms with Gasteiger partial charge in [-0.05, 0) is 24.3 Å². The quantitative estimate of drug-likeness (QED) is 0.841. The van der Waals surface area contributed by atoms with Gasteiger partial charge in [-0.1, -0.05) is 13.8 Å². The van der Waals surface area contributed by atoms with Gasteiger partial charge in [0.25, 0.3) is 5.91 Å². The van der Waals surface area contributed by atoms with Crippen molar-refractivity contribution in [1.29, 1.82) is 0 Å². The summed E-state index contributed by atoms with van der Waals surface area (Å²) in [6.07, 6.45) is -0.121. The van der Waals surface area contributed by atoms with Gasteiger partial charge in [0, 0.05) is 0 Å². The minimum Gasteiger partial charge on any atom is -0.495 e. The lowest BCUT2D eigenvalue weighted by atomic mass is 9.85. The predicted molar refractivity (Wildman–Crippen MR) is 73.8 cm³/mol. The first-order chi connectivity index (χ1) is 8.80. The van der Waals surface area contributed by atoms with E-state index in [1.54, 1.807) is 18.4 Å². The third-order valence-corrected chi connectivity index (χ3v) is 4.14. The van der Waals surface area contributed by atoms with Gasteiger partial charge >= 0.3 is 5.97 Å². The van der Waals surface area contributed by atoms with Gasteiger partial charge < -0.3 is 15.2 Å². The van der Waals surface area contributed by atoms with Crippen LogP contribution in [0.1, 0.15) is 36.9 Å². The van der Waals surface area contributed by atoms with Crippen LogP contribution in [0.2, 0.25) is 0 Å². The molecule has 1 amide bonds. The maximum absolute atomic E-state index is 12.2. The number of methoxy groups -OCH3 is 1. The largest absolute Gasteiger partial charge is 0.495 e. The number of carboxylic acid groups (broad SMARTS) is 1. The van der Waals surface area contributed by atoms with Crippen LogP contribution >= 0.6 is 11.3 Å². The van der Waals surface area contributed by atoms with Crippen molar-refractivity contribution in [2.24, 2.45) is 5.92 Å². The number of hydrogen-bond acceptors (Lipinski definition) is 4. The Kier molecular flexibility index (Phi) is 4.94. The fraction of sp³-hybridized carbons (Fsp3) is 0.538. The second-order valence-corrected chi connectivity index (χ2v) is 5.83. The molecule has 0 aliphatic rings. The van der Waals surface area contributed by atoms with Crippen LogP contribution in [0.15, 0.2) is 11.4 Å². The highest BCUT2D eigenvalue weighted by Crippen LogP contribution is 2.27. The average Bonchev–Trinajstić information content (AvgIpc) is 2.75. The van der Waals surface area contributed by atoms with Crippen LogP contribution in [0.3, 0.4) is 0 Å². The zero-order valence-electron chi connectivity index (χ0n) is 11.5. The molecule has 0 fully saturated rings. The predicted octanol–water partition coefficient (Wildman–Crippen LogP) is 2.38. The molecule has 0 bridgehead atoms. The first-order valence-electron chi connectivity index (χ1n) is 5.96. The highest BCUT2D eigenvalue weighted by molar-refractivity contribution is 7.12. The number of hydrogen-bond donors (Lipinski definition) is 2. The minimum atomic E-state index is -0.936. The van der Waals surface area contributed by atoms with Gasteiger partial charge in [0.05, 0.1) is 19.1 Å². The van der Waals surface area contributed by atoms with Gasteiger partial charge in [-0.2, -0.15) is 0 Å². The lowest BCUT2D eigenvalue weighted by molar-refractivity contribution is -0.138. The Morgan fingerprint density at radius 2 is 2.16 bits per heavy atom. The number of nitrogens with one attached hydrogen (secondary N) is 1. The monoisotopic (exact) mass is 285 g/mol. The number of carbonyl (C=O) groups is 2. The number of carboxylic acids is 1. The summed E-state index contributed by atoms with van der Waals surface area (Å²) in [5.74, 6) is -0.735. The van der Waals surface area contributed by atoms with Crippen LogP contribution in [0.5, 0.6) is 5.75 Å². The van der Waals surface area contributed by atoms with E-state index in [1.165, 1.54) is 18.4 Å². The number of ether oxygens (including phenoxy) is 1. The average molecular weight is 285 g/mol. The summed E-state index contributed by atoms with van der Waals surface area (Å²) in [5, 5.41) is 13.5. The first-order valence-corrected chi connectivity index (χ1v) is 6.84. The summed E-state index contributed by atoms with van der Waals surface area (Å²) in [6, 6.07) is 1.71. The molecule has 0 aliphatic heterocycles. The van der Waals surface area contributed by atoms with E-state index in [0.29, 0.717) is 10.6 Å². The summed E-state index contributed by atoms with van der Waals surface area (Å²) in [4.78, 5) is 23.6. The molecular formula is C13H19NO4S. The molecule has 1 unspecified atom stereocenters. The van der Waals surface area contributed by atoms with Gasteiger partial charge in [-0.25, -0.2) is 0 Å². The molecule has 0 spiro atoms. The Bertz CT molecular complexity index is 469. The molecule has 1 aromatic heterocycles. The number of thiophene rings is 1. The number of rotatable bonds is 6. The molecule has 106 valence electrons. The normalized spacial score (nSPS) is 13.9. The minimum absolute atomic E-state index is 0.00138. The van der Waals surface area contributed by atoms with Crippen molar-refractivity contribution >= 4 is 23.2 Å². The fourth-order valence-corrected chi connectivity index (χ4v) is 2.40. The van der Waals surface area contributed by atoms with E-state index in [1.807, 2.05) is 13.8 Å². The Morgan fingerprint density at radius 1 is 1.53 bits per heavy atom. The second kappa shape index (κ2) is 6.06. The van der Waals surface area contributed by atoms with Crippen molar-refractivity contribution in [2.75, 3.05) is 7.11 Å². The molecule has 0 aromatic carbocycles. The van der Waals surface area contributed by atoms with Crippen LogP contribution in [0.4, 0.5) is 0 Å². The summed E-state index contributed by atoms with van der Waals surface area (Å²) in [6.45, 7) is 5.51. The lowest BCUT2D eigenvalue weighted by Gasteiger charge is -2.33. The summed E-state index contributed by atoms with van der Waals surface area (Å²) >= 11 is 1.27. The Morgan fingerprint density at radius 3 is 2.63 bits per heavy atom. The molecular weight excluding hydrogens is 266 g/mol. The van der Waals surface area contributed by atoms with Crippen molar-refractivity contribution in [3.63, 3.8) is 0 Å². The molecule has 5 nitrogen and oxygen atoms in total. The number of aliphatic carboxylic acids is 1. The standard InChI is InChI=1S/C13H19NO4S/c1-8(2)13(3,7-10(15)16)14-12(17)11-9(18-4)5-6-19-11/h5-6,8H,7H2,1-4H3,(H,14,17)(H,15,16). The van der Waals surface area contributed by atoms with Crippen LogP contribution < -0.4 is 10.1 Å². The molecule has 0 saturated carbocycles. The molecule has 1 rings (SSSR count). The van der Waals surface area contributed by atoms with Gasteiger partial charge in [0.2, 0.25) is 0 Å². The first kappa shape index (κ1) is 15.5. The van der Waals surface area contributed by atoms with Crippen molar-refractivity contribution < 1.29 is 19.4 Å². The molecule has 0 aliphatic carbocycles. The SMILES string of the molecule is COc1ccsc1C(=O)NC(C)(CC(=O)O)C(C)C. The zero-order valence-corrected chi connectivity index (χ0v) is 12.3. The van der Waals surface area contributed by atoms with Crippen LogP contribution in [0, 0.1) is 5.92 Å². The smallest absolute Gasteiger partial charge is 0.305 e. The molecule has 2 N–H and O–H groups in total. The van der Waals surface area contributed by atoms with E-state index in [-0.39, 0.29) is 18.2 Å². The fourth-order valence-electron chi connectivity index (χ4n) is 1.65. The molecule has 0 radical (unpaired) electrons. The van der Waals surface area contributed by atoms with E-state index in [2.05, 4.69) is 5.32 Å². The Hall–Kier alpha value is -1.56. The van der Waals surface area contributed by atoms with Crippen LogP contribution in [0.25, 0.3) is 0 Å². The lowest BCUT2D eigenvalue weighted by Crippen LogP contribution is -2.51. The third-order valence-electron chi connectivity index (χ3n) is 3.25. The van der Waals surface area contributed by atoms with Gasteiger partial charge in [0.1, 0.15) is 10.6 Å². The van der Waals surface area contributed by atoms with Crippen molar-refractivity contribution in [3.05, 3.63) is 16.3 Å². The summed E-state index contributed by atoms with van der Waals surface area (Å²) in [5.41, 5.74) is -0.794. The van der Waals surface area contributed by atoms with Crippen molar-refractivity contribution in [1.82, 2.24) is 5.32 Å². The summed E-state index contributed by atoms with van der Waals surface area (Å²) in [7, 11) is 1.50. The van der Waals surface area contributed by atoms with Crippen molar-refractivity contribution in [3.8, 4) is 5.75 Å². The van der Waals surface area contributed by atoms with Crippen molar-refractivity contribution in [2.45, 2.75) is 32.7 Å². The Labute approximate surface area is 116 Å². The maximum atomic E-state index is 12.2. The van der Waals surface area contributed by atoms with E-state index in [9.17, 15) is 9.59 Å². The van der Waals surface area contributed by atoms with Gasteiger partial charge in [-0.3, -0.25) is 9.59 Å². The van der Waals surface area contributed by atoms with Gasteiger partial charge in [0.15, 0.2) is 0 Å². The second-order valence-electron chi connectivity index (χ2n) is 4.91. The van der Waals surface area contributed by atoms with Crippen LogP contribution in [-0.2, 0) is 4.79 Å². The van der Waals surface area contributed by atoms with E-state index in [0.717, 1.165) is 0 Å². The van der Waals surface area contributed by atoms with E-state index < -0.39 is 11.5 Å². The number of carbonyl (C=O) groups excluding carboxylic acids is 1. The van der Waals surface area contributed by atoms with Crippen LogP contribution in [-0.4, -0.2) is 29.6 Å². The molecule has 1 heterocycles. The maximum Gasteiger partial charge on any atom is 0.305 e. The molecule has 1 atom stereocenters.